The van der Waals surface area contributed by atoms with Crippen LogP contribution in [-0.2, 0) is 14.3 Å². The highest BCUT2D eigenvalue weighted by Gasteiger charge is 2.48. The predicted molar refractivity (Wildman–Crippen MR) is 104 cm³/mol. The summed E-state index contributed by atoms with van der Waals surface area (Å²) in [4.78, 5) is 15.4. The molecule has 3 fully saturated rings. The molecule has 10 heteroatoms. The van der Waals surface area contributed by atoms with Crippen LogP contribution in [0.5, 0.6) is 0 Å². The van der Waals surface area contributed by atoms with E-state index in [0.717, 1.165) is 18.4 Å². The fourth-order valence-electron chi connectivity index (χ4n) is 4.49. The van der Waals surface area contributed by atoms with Crippen molar-refractivity contribution in [2.24, 2.45) is 5.73 Å². The van der Waals surface area contributed by atoms with E-state index < -0.39 is 11.8 Å². The van der Waals surface area contributed by atoms with E-state index in [2.05, 4.69) is 5.32 Å². The number of carboxylic acid groups (broad SMARTS) is 1. The van der Waals surface area contributed by atoms with Gasteiger partial charge in [-0.2, -0.15) is 0 Å². The number of hydrogen-bond acceptors (Lipinski definition) is 7. The Morgan fingerprint density at radius 2 is 2.24 bits per heavy atom. The fourth-order valence-corrected chi connectivity index (χ4v) is 4.49. The van der Waals surface area contributed by atoms with Gasteiger partial charge in [-0.25, -0.2) is 9.18 Å². The molecular formula is C19H26ClFN4O4. The molecule has 160 valence electrons. The standard InChI is InChI=1S/C19H25FN4O4.ClH/c20-15-6-11-5-12(18(25)26)8-24(13-1-2-13)16(11)22-17(15)23-4-3-19(10-23)27-9-14(7-21)28-19;/h6,8,13-14,16,22H,1-5,7,9-10,21H2,(H,25,26);1H. The van der Waals surface area contributed by atoms with Gasteiger partial charge in [0.15, 0.2) is 11.6 Å². The highest BCUT2D eigenvalue weighted by Crippen LogP contribution is 2.40. The summed E-state index contributed by atoms with van der Waals surface area (Å²) >= 11 is 0. The molecule has 29 heavy (non-hydrogen) atoms. The van der Waals surface area contributed by atoms with Crippen molar-refractivity contribution < 1.29 is 23.8 Å². The summed E-state index contributed by atoms with van der Waals surface area (Å²) in [5.41, 5.74) is 6.73. The number of rotatable bonds is 4. The summed E-state index contributed by atoms with van der Waals surface area (Å²) in [6.07, 6.45) is 5.81. The average Bonchev–Trinajstić information content (AvgIpc) is 3.33. The number of nitrogens with two attached hydrogens (primary N) is 1. The van der Waals surface area contributed by atoms with Crippen LogP contribution in [0, 0.1) is 0 Å². The molecule has 3 atom stereocenters. The number of carboxylic acids is 1. The highest BCUT2D eigenvalue weighted by atomic mass is 35.5. The number of ether oxygens (including phenoxy) is 2. The van der Waals surface area contributed by atoms with E-state index >= 15 is 0 Å². The van der Waals surface area contributed by atoms with Gasteiger partial charge in [0.05, 0.1) is 24.8 Å². The molecule has 0 aromatic heterocycles. The van der Waals surface area contributed by atoms with Gasteiger partial charge >= 0.3 is 5.97 Å². The van der Waals surface area contributed by atoms with E-state index in [1.54, 1.807) is 6.20 Å². The van der Waals surface area contributed by atoms with Crippen LogP contribution < -0.4 is 11.1 Å². The van der Waals surface area contributed by atoms with E-state index in [0.29, 0.717) is 50.1 Å². The first kappa shape index (κ1) is 20.5. The van der Waals surface area contributed by atoms with Gasteiger partial charge in [0.25, 0.3) is 0 Å². The predicted octanol–water partition coefficient (Wildman–Crippen LogP) is 1.02. The van der Waals surface area contributed by atoms with Crippen molar-refractivity contribution in [2.75, 3.05) is 26.2 Å². The third kappa shape index (κ3) is 3.61. The van der Waals surface area contributed by atoms with Crippen LogP contribution in [0.2, 0.25) is 0 Å². The van der Waals surface area contributed by atoms with Crippen molar-refractivity contribution in [3.8, 4) is 0 Å². The molecular weight excluding hydrogens is 403 g/mol. The normalized spacial score (nSPS) is 33.9. The molecule has 0 radical (unpaired) electrons. The molecule has 5 rings (SSSR count). The molecule has 8 nitrogen and oxygen atoms in total. The minimum absolute atomic E-state index is 0. The number of hydrogen-bond donors (Lipinski definition) is 3. The first-order valence-electron chi connectivity index (χ1n) is 9.83. The molecule has 1 saturated carbocycles. The van der Waals surface area contributed by atoms with Gasteiger partial charge in [-0.15, -0.1) is 12.4 Å². The number of fused-ring (bicyclic) bond motifs is 1. The molecule has 4 heterocycles. The maximum atomic E-state index is 15.0. The van der Waals surface area contributed by atoms with Crippen LogP contribution in [0.4, 0.5) is 4.39 Å². The van der Waals surface area contributed by atoms with E-state index in [1.807, 2.05) is 9.80 Å². The molecule has 4 aliphatic heterocycles. The van der Waals surface area contributed by atoms with Crippen molar-refractivity contribution in [1.29, 1.82) is 0 Å². The number of likely N-dealkylation sites (tertiary alicyclic amines) is 1. The van der Waals surface area contributed by atoms with Gasteiger partial charge in [0.2, 0.25) is 0 Å². The lowest BCUT2D eigenvalue weighted by Crippen LogP contribution is -2.52. The number of nitrogens with one attached hydrogen (secondary N) is 1. The SMILES string of the molecule is Cl.NCC1COC2(CCN(C3=C(F)C=C4CC(C(=O)O)=CN(C5CC5)C4N3)C2)O1. The van der Waals surface area contributed by atoms with Crippen LogP contribution in [0.25, 0.3) is 0 Å². The quantitative estimate of drug-likeness (QED) is 0.610. The zero-order chi connectivity index (χ0) is 19.5. The molecule has 5 aliphatic rings. The Labute approximate surface area is 174 Å². The second-order valence-corrected chi connectivity index (χ2v) is 8.15. The zero-order valence-electron chi connectivity index (χ0n) is 16.0. The highest BCUT2D eigenvalue weighted by molar-refractivity contribution is 5.87. The third-order valence-electron chi connectivity index (χ3n) is 6.09. The lowest BCUT2D eigenvalue weighted by atomic mass is 9.96. The maximum absolute atomic E-state index is 15.0. The summed E-state index contributed by atoms with van der Waals surface area (Å²) in [6.45, 7) is 1.92. The minimum Gasteiger partial charge on any atom is -0.478 e. The van der Waals surface area contributed by atoms with Crippen LogP contribution in [0.1, 0.15) is 25.7 Å². The van der Waals surface area contributed by atoms with Gasteiger partial charge in [0, 0.05) is 38.2 Å². The smallest absolute Gasteiger partial charge is 0.333 e. The second-order valence-electron chi connectivity index (χ2n) is 8.15. The molecule has 2 saturated heterocycles. The number of nitrogens with zero attached hydrogens (tertiary/aromatic N) is 2. The van der Waals surface area contributed by atoms with Crippen LogP contribution >= 0.6 is 12.4 Å². The van der Waals surface area contributed by atoms with Gasteiger partial charge in [-0.3, -0.25) is 0 Å². The van der Waals surface area contributed by atoms with Crippen LogP contribution in [-0.4, -0.2) is 71.2 Å². The van der Waals surface area contributed by atoms with Crippen molar-refractivity contribution >= 4 is 18.4 Å². The van der Waals surface area contributed by atoms with Crippen molar-refractivity contribution in [1.82, 2.24) is 15.1 Å². The monoisotopic (exact) mass is 428 g/mol. The largest absolute Gasteiger partial charge is 0.478 e. The van der Waals surface area contributed by atoms with E-state index in [4.69, 9.17) is 15.2 Å². The number of halogens is 2. The van der Waals surface area contributed by atoms with Crippen molar-refractivity contribution in [3.05, 3.63) is 35.1 Å². The minimum atomic E-state index is -0.952. The summed E-state index contributed by atoms with van der Waals surface area (Å²) in [7, 11) is 0. The zero-order valence-corrected chi connectivity index (χ0v) is 16.8. The van der Waals surface area contributed by atoms with Gasteiger partial charge in [-0.1, -0.05) is 0 Å². The lowest BCUT2D eigenvalue weighted by Gasteiger charge is -2.42. The molecule has 4 N–H and O–H groups in total. The Balaban J connectivity index is 0.00000205. The van der Waals surface area contributed by atoms with E-state index in [9.17, 15) is 14.3 Å². The Hall–Kier alpha value is -1.81. The Bertz CT molecular complexity index is 799. The van der Waals surface area contributed by atoms with Gasteiger partial charge < -0.3 is 35.4 Å². The molecule has 0 aromatic rings. The number of aliphatic carboxylic acids is 1. The topological polar surface area (TPSA) is 100 Å². The fraction of sp³-hybridized carbons (Fsp3) is 0.632. The second kappa shape index (κ2) is 7.46. The van der Waals surface area contributed by atoms with Crippen LogP contribution in [0.15, 0.2) is 35.1 Å². The van der Waals surface area contributed by atoms with Gasteiger partial charge in [0.1, 0.15) is 12.0 Å². The van der Waals surface area contributed by atoms with Crippen molar-refractivity contribution in [3.63, 3.8) is 0 Å². The Morgan fingerprint density at radius 3 is 2.90 bits per heavy atom. The number of carbonyl (C=O) groups is 1. The first-order chi connectivity index (χ1) is 13.5. The Morgan fingerprint density at radius 1 is 1.45 bits per heavy atom. The average molecular weight is 429 g/mol. The summed E-state index contributed by atoms with van der Waals surface area (Å²) < 4.78 is 26.8. The number of allylic oxidation sites excluding steroid dienone is 2. The summed E-state index contributed by atoms with van der Waals surface area (Å²) in [5.74, 6) is -1.63. The molecule has 0 aromatic carbocycles. The molecule has 3 unspecified atom stereocenters. The van der Waals surface area contributed by atoms with E-state index in [1.165, 1.54) is 6.08 Å². The summed E-state index contributed by atoms with van der Waals surface area (Å²) in [5, 5.41) is 12.7. The molecule has 1 aliphatic carbocycles. The maximum Gasteiger partial charge on any atom is 0.333 e. The molecule has 0 bridgehead atoms. The molecule has 0 amide bonds. The third-order valence-corrected chi connectivity index (χ3v) is 6.09. The molecule has 1 spiro atoms. The van der Waals surface area contributed by atoms with Crippen molar-refractivity contribution in [2.45, 2.75) is 49.8 Å². The summed E-state index contributed by atoms with van der Waals surface area (Å²) in [6, 6.07) is 0.301. The van der Waals surface area contributed by atoms with Gasteiger partial charge in [-0.05, 0) is 24.5 Å². The van der Waals surface area contributed by atoms with Crippen LogP contribution in [0.3, 0.4) is 0 Å². The first-order valence-corrected chi connectivity index (χ1v) is 9.83. The lowest BCUT2D eigenvalue weighted by molar-refractivity contribution is -0.155. The Kier molecular flexibility index (Phi) is 5.27. The number of dihydropyridines is 1. The van der Waals surface area contributed by atoms with E-state index in [-0.39, 0.29) is 36.9 Å².